The van der Waals surface area contributed by atoms with E-state index in [4.69, 9.17) is 0 Å². The summed E-state index contributed by atoms with van der Waals surface area (Å²) < 4.78 is 0.971. The third-order valence-corrected chi connectivity index (χ3v) is 3.87. The topological polar surface area (TPSA) is 49.4 Å². The van der Waals surface area contributed by atoms with Crippen molar-refractivity contribution in [1.82, 2.24) is 5.32 Å². The van der Waals surface area contributed by atoms with Gasteiger partial charge >= 0.3 is 0 Å². The first-order chi connectivity index (χ1) is 9.49. The van der Waals surface area contributed by atoms with Gasteiger partial charge in [0.25, 0.3) is 0 Å². The lowest BCUT2D eigenvalue weighted by Crippen LogP contribution is -2.38. The van der Waals surface area contributed by atoms with Crippen molar-refractivity contribution in [2.45, 2.75) is 20.3 Å². The zero-order chi connectivity index (χ0) is 14.7. The van der Waals surface area contributed by atoms with E-state index >= 15 is 0 Å². The van der Waals surface area contributed by atoms with Crippen LogP contribution in [0.2, 0.25) is 0 Å². The van der Waals surface area contributed by atoms with Gasteiger partial charge in [-0.15, -0.1) is 0 Å². The number of nitrogens with one attached hydrogen (secondary N) is 1. The fourth-order valence-corrected chi connectivity index (χ4v) is 2.49. The summed E-state index contributed by atoms with van der Waals surface area (Å²) in [6, 6.07) is 7.57. The highest BCUT2D eigenvalue weighted by atomic mass is 79.9. The monoisotopic (exact) mass is 338 g/mol. The molecule has 0 aromatic heterocycles. The van der Waals surface area contributed by atoms with E-state index < -0.39 is 5.92 Å². The molecule has 1 heterocycles. The molecule has 5 heteroatoms. The molecule has 1 saturated heterocycles. The summed E-state index contributed by atoms with van der Waals surface area (Å²) in [5, 5.41) is 2.84. The van der Waals surface area contributed by atoms with Crippen LogP contribution in [0.25, 0.3) is 0 Å². The Kier molecular flexibility index (Phi) is 4.81. The predicted octanol–water partition coefficient (Wildman–Crippen LogP) is 2.57. The Morgan fingerprint density at radius 2 is 2.05 bits per heavy atom. The maximum Gasteiger partial charge on any atom is 0.239 e. The van der Waals surface area contributed by atoms with Gasteiger partial charge < -0.3 is 10.2 Å². The average molecular weight is 339 g/mol. The van der Waals surface area contributed by atoms with Crippen molar-refractivity contribution in [3.8, 4) is 0 Å². The van der Waals surface area contributed by atoms with Gasteiger partial charge in [-0.2, -0.15) is 0 Å². The first-order valence-corrected chi connectivity index (χ1v) is 7.63. The number of nitrogens with zero attached hydrogens (tertiary/aromatic N) is 1. The van der Waals surface area contributed by atoms with Crippen molar-refractivity contribution in [3.63, 3.8) is 0 Å². The van der Waals surface area contributed by atoms with E-state index in [-0.39, 0.29) is 11.8 Å². The molecule has 0 bridgehead atoms. The van der Waals surface area contributed by atoms with Gasteiger partial charge in [-0.3, -0.25) is 9.59 Å². The molecular formula is C15H19BrN2O2. The Labute approximate surface area is 127 Å². The Balaban J connectivity index is 2.02. The van der Waals surface area contributed by atoms with E-state index in [9.17, 15) is 9.59 Å². The molecule has 1 aromatic rings. The highest BCUT2D eigenvalue weighted by Crippen LogP contribution is 2.26. The second kappa shape index (κ2) is 6.39. The molecule has 0 spiro atoms. The van der Waals surface area contributed by atoms with Crippen molar-refractivity contribution in [2.24, 2.45) is 11.8 Å². The number of rotatable bonds is 4. The first kappa shape index (κ1) is 15.0. The zero-order valence-electron chi connectivity index (χ0n) is 11.7. The molecule has 1 aromatic carbocycles. The molecule has 0 aliphatic carbocycles. The Hall–Kier alpha value is -1.36. The van der Waals surface area contributed by atoms with Gasteiger partial charge in [0.05, 0.1) is 0 Å². The normalized spacial score (nSPS) is 18.7. The Morgan fingerprint density at radius 1 is 1.40 bits per heavy atom. The highest BCUT2D eigenvalue weighted by molar-refractivity contribution is 9.10. The van der Waals surface area contributed by atoms with E-state index in [2.05, 4.69) is 21.2 Å². The SMILES string of the molecule is CC(C)CNC(=O)C1CCN(c2ccc(Br)cc2)C1=O. The van der Waals surface area contributed by atoms with Gasteiger partial charge in [-0.05, 0) is 36.6 Å². The molecule has 108 valence electrons. The lowest BCUT2D eigenvalue weighted by atomic mass is 10.1. The largest absolute Gasteiger partial charge is 0.355 e. The summed E-state index contributed by atoms with van der Waals surface area (Å²) in [4.78, 5) is 26.0. The molecule has 1 fully saturated rings. The fourth-order valence-electron chi connectivity index (χ4n) is 2.23. The number of benzene rings is 1. The number of anilines is 1. The molecule has 0 saturated carbocycles. The van der Waals surface area contributed by atoms with E-state index in [1.54, 1.807) is 4.90 Å². The third kappa shape index (κ3) is 3.39. The van der Waals surface area contributed by atoms with E-state index in [0.717, 1.165) is 10.2 Å². The van der Waals surface area contributed by atoms with Crippen LogP contribution in [0.3, 0.4) is 0 Å². The van der Waals surface area contributed by atoms with Gasteiger partial charge in [0.2, 0.25) is 11.8 Å². The second-order valence-electron chi connectivity index (χ2n) is 5.45. The lowest BCUT2D eigenvalue weighted by Gasteiger charge is -2.17. The number of hydrogen-bond donors (Lipinski definition) is 1. The molecule has 1 atom stereocenters. The van der Waals surface area contributed by atoms with Crippen LogP contribution in [0.15, 0.2) is 28.7 Å². The van der Waals surface area contributed by atoms with E-state index in [0.29, 0.717) is 25.4 Å². The van der Waals surface area contributed by atoms with Crippen molar-refractivity contribution >= 4 is 33.4 Å². The minimum atomic E-state index is -0.544. The van der Waals surface area contributed by atoms with Gasteiger partial charge in [-0.1, -0.05) is 29.8 Å². The first-order valence-electron chi connectivity index (χ1n) is 6.83. The minimum absolute atomic E-state index is 0.103. The van der Waals surface area contributed by atoms with Gasteiger partial charge in [0.1, 0.15) is 5.92 Å². The van der Waals surface area contributed by atoms with Crippen LogP contribution >= 0.6 is 15.9 Å². The summed E-state index contributed by atoms with van der Waals surface area (Å²) in [6.07, 6.45) is 0.582. The zero-order valence-corrected chi connectivity index (χ0v) is 13.3. The molecule has 1 unspecified atom stereocenters. The number of halogens is 1. The summed E-state index contributed by atoms with van der Waals surface area (Å²) >= 11 is 3.37. The fraction of sp³-hybridized carbons (Fsp3) is 0.467. The Morgan fingerprint density at radius 3 is 2.65 bits per heavy atom. The number of carbonyl (C=O) groups is 2. The van der Waals surface area contributed by atoms with Crippen LogP contribution in [0.4, 0.5) is 5.69 Å². The lowest BCUT2D eigenvalue weighted by molar-refractivity contribution is -0.132. The van der Waals surface area contributed by atoms with Crippen molar-refractivity contribution in [1.29, 1.82) is 0 Å². The van der Waals surface area contributed by atoms with Crippen LogP contribution in [0, 0.1) is 11.8 Å². The summed E-state index contributed by atoms with van der Waals surface area (Å²) in [5.74, 6) is -0.410. The maximum atomic E-state index is 12.3. The maximum absolute atomic E-state index is 12.3. The van der Waals surface area contributed by atoms with Crippen LogP contribution in [0.5, 0.6) is 0 Å². The number of hydrogen-bond acceptors (Lipinski definition) is 2. The minimum Gasteiger partial charge on any atom is -0.355 e. The van der Waals surface area contributed by atoms with Crippen LogP contribution in [-0.2, 0) is 9.59 Å². The number of carbonyl (C=O) groups excluding carboxylic acids is 2. The van der Waals surface area contributed by atoms with Crippen molar-refractivity contribution in [3.05, 3.63) is 28.7 Å². The predicted molar refractivity (Wildman–Crippen MR) is 82.4 cm³/mol. The second-order valence-corrected chi connectivity index (χ2v) is 6.36. The van der Waals surface area contributed by atoms with Crippen LogP contribution in [-0.4, -0.2) is 24.9 Å². The molecular weight excluding hydrogens is 320 g/mol. The highest BCUT2D eigenvalue weighted by Gasteiger charge is 2.37. The molecule has 20 heavy (non-hydrogen) atoms. The molecule has 1 N–H and O–H groups in total. The van der Waals surface area contributed by atoms with Crippen molar-refractivity contribution in [2.75, 3.05) is 18.0 Å². The standard InChI is InChI=1S/C15H19BrN2O2/c1-10(2)9-17-14(19)13-7-8-18(15(13)20)12-5-3-11(16)4-6-12/h3-6,10,13H,7-9H2,1-2H3,(H,17,19). The van der Waals surface area contributed by atoms with Gasteiger partial charge in [0.15, 0.2) is 0 Å². The van der Waals surface area contributed by atoms with E-state index in [1.807, 2.05) is 38.1 Å². The number of amides is 2. The van der Waals surface area contributed by atoms with Crippen LogP contribution < -0.4 is 10.2 Å². The summed E-state index contributed by atoms with van der Waals surface area (Å²) in [7, 11) is 0. The van der Waals surface area contributed by atoms with Gasteiger partial charge in [-0.25, -0.2) is 0 Å². The van der Waals surface area contributed by atoms with Crippen LogP contribution in [0.1, 0.15) is 20.3 Å². The quantitative estimate of drug-likeness (QED) is 0.857. The molecule has 0 radical (unpaired) electrons. The molecule has 2 rings (SSSR count). The average Bonchev–Trinajstić information content (AvgIpc) is 2.79. The summed E-state index contributed by atoms with van der Waals surface area (Å²) in [6.45, 7) is 5.27. The smallest absolute Gasteiger partial charge is 0.239 e. The molecule has 1 aliphatic rings. The van der Waals surface area contributed by atoms with Gasteiger partial charge in [0, 0.05) is 23.2 Å². The molecule has 2 amide bonds. The summed E-state index contributed by atoms with van der Waals surface area (Å²) in [5.41, 5.74) is 0.845. The molecule has 1 aliphatic heterocycles. The molecule has 4 nitrogen and oxygen atoms in total. The Bertz CT molecular complexity index is 499. The van der Waals surface area contributed by atoms with Crippen molar-refractivity contribution < 1.29 is 9.59 Å². The third-order valence-electron chi connectivity index (χ3n) is 3.34. The van der Waals surface area contributed by atoms with E-state index in [1.165, 1.54) is 0 Å².